The second-order valence-electron chi connectivity index (χ2n) is 8.14. The maximum absolute atomic E-state index is 13.6. The van der Waals surface area contributed by atoms with Crippen LogP contribution in [0.5, 0.6) is 0 Å². The van der Waals surface area contributed by atoms with Gasteiger partial charge in [-0.25, -0.2) is 13.9 Å². The predicted molar refractivity (Wildman–Crippen MR) is 97.8 cm³/mol. The minimum atomic E-state index is -4.66. The second kappa shape index (κ2) is 8.13. The van der Waals surface area contributed by atoms with Gasteiger partial charge in [0.1, 0.15) is 23.7 Å². The fourth-order valence-corrected chi connectivity index (χ4v) is 4.15. The van der Waals surface area contributed by atoms with Gasteiger partial charge in [0, 0.05) is 19.2 Å². The molecule has 4 rings (SSSR count). The van der Waals surface area contributed by atoms with Gasteiger partial charge in [-0.3, -0.25) is 14.3 Å². The number of carbonyl (C=O) groups is 1. The van der Waals surface area contributed by atoms with E-state index < -0.39 is 60.6 Å². The van der Waals surface area contributed by atoms with Crippen LogP contribution in [0.3, 0.4) is 0 Å². The fraction of sp³-hybridized carbons (Fsp3) is 0.579. The van der Waals surface area contributed by atoms with E-state index in [2.05, 4.69) is 10.1 Å². The van der Waals surface area contributed by atoms with E-state index in [1.807, 2.05) is 0 Å². The summed E-state index contributed by atoms with van der Waals surface area (Å²) in [6.45, 7) is -0.581. The number of carbonyl (C=O) groups excluding carboxylic acids is 1. The summed E-state index contributed by atoms with van der Waals surface area (Å²) in [6.07, 6.45) is -11.0. The molecule has 2 aliphatic rings. The Morgan fingerprint density at radius 2 is 1.88 bits per heavy atom. The van der Waals surface area contributed by atoms with Crippen molar-refractivity contribution in [3.8, 4) is 0 Å². The van der Waals surface area contributed by atoms with Crippen molar-refractivity contribution in [2.45, 2.75) is 50.4 Å². The van der Waals surface area contributed by atoms with Crippen molar-refractivity contribution >= 4 is 5.91 Å². The van der Waals surface area contributed by atoms with Crippen LogP contribution >= 0.6 is 0 Å². The zero-order valence-corrected chi connectivity index (χ0v) is 16.9. The number of halogens is 7. The highest BCUT2D eigenvalue weighted by molar-refractivity contribution is 5.81. The molecule has 3 atom stereocenters. The first kappa shape index (κ1) is 23.2. The smallest absolute Gasteiger partial charge is 0.338 e. The van der Waals surface area contributed by atoms with Crippen molar-refractivity contribution in [1.29, 1.82) is 0 Å². The Hall–Kier alpha value is -2.93. The van der Waals surface area contributed by atoms with E-state index in [9.17, 15) is 40.3 Å². The average Bonchev–Trinajstić information content (AvgIpc) is 3.29. The van der Waals surface area contributed by atoms with Crippen LogP contribution in [-0.2, 0) is 23.9 Å². The number of amides is 1. The van der Waals surface area contributed by atoms with Crippen LogP contribution in [0.4, 0.5) is 30.7 Å². The van der Waals surface area contributed by atoms with Crippen molar-refractivity contribution in [2.24, 2.45) is 5.92 Å². The Bertz CT molecular complexity index is 1090. The molecule has 7 nitrogen and oxygen atoms in total. The van der Waals surface area contributed by atoms with Crippen molar-refractivity contribution in [3.05, 3.63) is 45.9 Å². The first-order valence-electron chi connectivity index (χ1n) is 10.0. The van der Waals surface area contributed by atoms with Gasteiger partial charge in [0.05, 0.1) is 19.0 Å². The van der Waals surface area contributed by atoms with Crippen LogP contribution in [0.2, 0.25) is 0 Å². The topological polar surface area (TPSA) is 73.0 Å². The summed E-state index contributed by atoms with van der Waals surface area (Å²) in [5.41, 5.74) is -1.85. The molecular formula is C19H18F7N5O2. The molecule has 2 aromatic heterocycles. The average molecular weight is 481 g/mol. The first-order valence-corrected chi connectivity index (χ1v) is 10.0. The lowest BCUT2D eigenvalue weighted by Gasteiger charge is -2.32. The number of likely N-dealkylation sites (tertiary alicyclic amines) is 1. The Morgan fingerprint density at radius 3 is 2.42 bits per heavy atom. The quantitative estimate of drug-likeness (QED) is 0.633. The Kier molecular flexibility index (Phi) is 5.73. The molecule has 0 N–H and O–H groups in total. The normalized spacial score (nSPS) is 23.6. The molecule has 14 heteroatoms. The molecule has 1 amide bonds. The molecular weight excluding hydrogens is 463 g/mol. The third kappa shape index (κ3) is 4.60. The second-order valence-corrected chi connectivity index (χ2v) is 8.14. The van der Waals surface area contributed by atoms with Crippen LogP contribution in [0.1, 0.15) is 36.0 Å². The highest BCUT2D eigenvalue weighted by Gasteiger charge is 2.48. The van der Waals surface area contributed by atoms with Crippen molar-refractivity contribution in [2.75, 3.05) is 13.1 Å². The van der Waals surface area contributed by atoms with E-state index in [1.165, 1.54) is 0 Å². The van der Waals surface area contributed by atoms with Gasteiger partial charge in [-0.15, -0.1) is 0 Å². The van der Waals surface area contributed by atoms with Gasteiger partial charge in [-0.05, 0) is 24.5 Å². The van der Waals surface area contributed by atoms with Crippen LogP contribution in [0.25, 0.3) is 0 Å². The maximum atomic E-state index is 13.6. The van der Waals surface area contributed by atoms with Crippen molar-refractivity contribution < 1.29 is 35.5 Å². The molecule has 33 heavy (non-hydrogen) atoms. The molecule has 0 spiro atoms. The molecule has 0 radical (unpaired) electrons. The molecule has 180 valence electrons. The fourth-order valence-electron chi connectivity index (χ4n) is 4.15. The molecule has 1 saturated heterocycles. The van der Waals surface area contributed by atoms with Gasteiger partial charge in [-0.2, -0.15) is 31.4 Å². The van der Waals surface area contributed by atoms with E-state index >= 15 is 0 Å². The minimum absolute atomic E-state index is 0.0304. The summed E-state index contributed by atoms with van der Waals surface area (Å²) in [6, 6.07) is 0.286. The van der Waals surface area contributed by atoms with E-state index in [0.717, 1.165) is 26.4 Å². The highest BCUT2D eigenvalue weighted by atomic mass is 19.4. The number of fused-ring (bicyclic) bond motifs is 1. The minimum Gasteiger partial charge on any atom is -0.338 e. The van der Waals surface area contributed by atoms with Crippen LogP contribution in [0.15, 0.2) is 23.1 Å². The molecule has 0 bridgehead atoms. The number of pyridine rings is 1. The molecule has 2 unspecified atom stereocenters. The third-order valence-electron chi connectivity index (χ3n) is 5.83. The number of alkyl halides is 7. The van der Waals surface area contributed by atoms with Gasteiger partial charge in [-0.1, -0.05) is 6.07 Å². The summed E-state index contributed by atoms with van der Waals surface area (Å²) in [5.74, 6) is -2.98. The summed E-state index contributed by atoms with van der Waals surface area (Å²) < 4.78 is 93.8. The molecule has 1 fully saturated rings. The molecule has 0 saturated carbocycles. The number of aromatic nitrogens is 4. The molecule has 0 aliphatic carbocycles. The summed E-state index contributed by atoms with van der Waals surface area (Å²) in [4.78, 5) is 30.2. The summed E-state index contributed by atoms with van der Waals surface area (Å²) in [7, 11) is 0. The van der Waals surface area contributed by atoms with Gasteiger partial charge < -0.3 is 4.90 Å². The number of hydrogen-bond acceptors (Lipinski definition) is 4. The zero-order chi connectivity index (χ0) is 24.1. The molecule has 0 aromatic carbocycles. The van der Waals surface area contributed by atoms with Gasteiger partial charge in [0.2, 0.25) is 5.91 Å². The zero-order valence-electron chi connectivity index (χ0n) is 16.9. The van der Waals surface area contributed by atoms with E-state index in [-0.39, 0.29) is 37.4 Å². The van der Waals surface area contributed by atoms with Crippen molar-refractivity contribution in [1.82, 2.24) is 24.2 Å². The lowest BCUT2D eigenvalue weighted by molar-refractivity contribution is -0.183. The van der Waals surface area contributed by atoms with E-state index in [0.29, 0.717) is 6.07 Å². The summed E-state index contributed by atoms with van der Waals surface area (Å²) in [5, 5.41) is 3.93. The van der Waals surface area contributed by atoms with E-state index in [1.54, 1.807) is 0 Å². The van der Waals surface area contributed by atoms with Crippen molar-refractivity contribution in [3.63, 3.8) is 0 Å². The Morgan fingerprint density at radius 1 is 1.15 bits per heavy atom. The number of nitrogens with zero attached hydrogens (tertiary/aromatic N) is 5. The molecule has 2 aliphatic heterocycles. The lowest BCUT2D eigenvalue weighted by Crippen LogP contribution is -2.45. The van der Waals surface area contributed by atoms with Gasteiger partial charge >= 0.3 is 18.0 Å². The predicted octanol–water partition coefficient (Wildman–Crippen LogP) is 2.74. The Labute approximate surface area is 181 Å². The highest BCUT2D eigenvalue weighted by Crippen LogP contribution is 2.39. The van der Waals surface area contributed by atoms with Crippen LogP contribution in [-0.4, -0.2) is 55.6 Å². The SMILES string of the molecule is O=C(C1CC(C(F)(F)F)Cc2nn(Cc3ccc(C(F)(F)F)nc3)c(=O)n21)N1CC[C@H](F)C1. The van der Waals surface area contributed by atoms with Gasteiger partial charge in [0.15, 0.2) is 0 Å². The van der Waals surface area contributed by atoms with Crippen LogP contribution < -0.4 is 5.69 Å². The maximum Gasteiger partial charge on any atom is 0.433 e. The largest absolute Gasteiger partial charge is 0.433 e. The third-order valence-corrected chi connectivity index (χ3v) is 5.83. The van der Waals surface area contributed by atoms with E-state index in [4.69, 9.17) is 0 Å². The van der Waals surface area contributed by atoms with Crippen LogP contribution in [0, 0.1) is 5.92 Å². The lowest BCUT2D eigenvalue weighted by atomic mass is 9.91. The first-order chi connectivity index (χ1) is 15.3. The molecule has 2 aromatic rings. The monoisotopic (exact) mass is 481 g/mol. The standard InChI is InChI=1S/C19H18F7N5O2/c20-12-3-4-29(9-12)16(32)13-5-11(18(21,22)23)6-15-28-30(17(33)31(13)15)8-10-1-2-14(27-7-10)19(24,25)26/h1-2,7,11-13H,3-6,8-9H2/t11?,12-,13?/m0/s1. The number of hydrogen-bond donors (Lipinski definition) is 0. The van der Waals surface area contributed by atoms with Gasteiger partial charge in [0.25, 0.3) is 0 Å². The summed E-state index contributed by atoms with van der Waals surface area (Å²) >= 11 is 0. The number of rotatable bonds is 3. The molecule has 4 heterocycles. The Balaban J connectivity index is 1.66.